The number of aromatic nitrogens is 2. The van der Waals surface area contributed by atoms with Gasteiger partial charge >= 0.3 is 0 Å². The largest absolute Gasteiger partial charge is 0.490 e. The van der Waals surface area contributed by atoms with Gasteiger partial charge in [-0.25, -0.2) is 0 Å². The van der Waals surface area contributed by atoms with Gasteiger partial charge in [0.1, 0.15) is 11.9 Å². The summed E-state index contributed by atoms with van der Waals surface area (Å²) in [6, 6.07) is 6.18. The number of nitrogens with one attached hydrogen (secondary N) is 1. The first kappa shape index (κ1) is 13.2. The van der Waals surface area contributed by atoms with Crippen molar-refractivity contribution in [2.45, 2.75) is 18.9 Å². The van der Waals surface area contributed by atoms with Gasteiger partial charge < -0.3 is 10.1 Å². The zero-order chi connectivity index (χ0) is 11.7. The number of nitrogens with zero attached hydrogens (tertiary/aromatic N) is 2. The first-order valence-corrected chi connectivity index (χ1v) is 6.12. The van der Waals surface area contributed by atoms with E-state index in [1.54, 1.807) is 0 Å². The van der Waals surface area contributed by atoms with Crippen molar-refractivity contribution in [1.82, 2.24) is 15.1 Å². The number of ether oxygens (including phenoxy) is 1. The van der Waals surface area contributed by atoms with E-state index >= 15 is 0 Å². The number of piperidine rings is 1. The van der Waals surface area contributed by atoms with E-state index in [4.69, 9.17) is 4.74 Å². The maximum Gasteiger partial charge on any atom is 0.120 e. The lowest BCUT2D eigenvalue weighted by Gasteiger charge is -2.23. The number of hydrogen-bond donors (Lipinski definition) is 1. The van der Waals surface area contributed by atoms with Gasteiger partial charge in [0.2, 0.25) is 0 Å². The Hall–Kier alpha value is -1.26. The fourth-order valence-electron chi connectivity index (χ4n) is 2.32. The van der Waals surface area contributed by atoms with Gasteiger partial charge in [0.05, 0.1) is 11.7 Å². The lowest BCUT2D eigenvalue weighted by atomic mass is 10.1. The van der Waals surface area contributed by atoms with Crippen LogP contribution in [0, 0.1) is 0 Å². The predicted octanol–water partition coefficient (Wildman–Crippen LogP) is 2.13. The van der Waals surface area contributed by atoms with E-state index < -0.39 is 0 Å². The molecular formula is C13H18ClN3O. The van der Waals surface area contributed by atoms with Gasteiger partial charge in [-0.3, -0.25) is 4.68 Å². The van der Waals surface area contributed by atoms with Gasteiger partial charge in [0.15, 0.2) is 0 Å². The fraction of sp³-hybridized carbons (Fsp3) is 0.462. The second-order valence-corrected chi connectivity index (χ2v) is 4.56. The van der Waals surface area contributed by atoms with Crippen LogP contribution in [0.5, 0.6) is 5.75 Å². The van der Waals surface area contributed by atoms with Gasteiger partial charge in [-0.05, 0) is 44.1 Å². The van der Waals surface area contributed by atoms with Gasteiger partial charge in [-0.15, -0.1) is 12.4 Å². The highest BCUT2D eigenvalue weighted by atomic mass is 35.5. The van der Waals surface area contributed by atoms with Crippen LogP contribution in [-0.2, 0) is 7.05 Å². The van der Waals surface area contributed by atoms with E-state index in [0.29, 0.717) is 6.10 Å². The topological polar surface area (TPSA) is 39.1 Å². The van der Waals surface area contributed by atoms with Crippen LogP contribution in [0.4, 0.5) is 0 Å². The molecule has 0 unspecified atom stereocenters. The smallest absolute Gasteiger partial charge is 0.120 e. The molecule has 0 bridgehead atoms. The fourth-order valence-corrected chi connectivity index (χ4v) is 2.32. The lowest BCUT2D eigenvalue weighted by molar-refractivity contribution is 0.162. The molecule has 98 valence electrons. The molecule has 0 radical (unpaired) electrons. The van der Waals surface area contributed by atoms with Crippen LogP contribution in [0.25, 0.3) is 10.9 Å². The van der Waals surface area contributed by atoms with Crippen molar-refractivity contribution >= 4 is 23.3 Å². The maximum atomic E-state index is 6.00. The Morgan fingerprint density at radius 3 is 2.89 bits per heavy atom. The Balaban J connectivity index is 0.00000120. The van der Waals surface area contributed by atoms with Crippen molar-refractivity contribution in [3.05, 3.63) is 24.4 Å². The maximum absolute atomic E-state index is 6.00. The van der Waals surface area contributed by atoms with Gasteiger partial charge in [-0.1, -0.05) is 0 Å². The second-order valence-electron chi connectivity index (χ2n) is 4.56. The summed E-state index contributed by atoms with van der Waals surface area (Å²) in [5, 5.41) is 8.71. The van der Waals surface area contributed by atoms with E-state index in [1.165, 1.54) is 0 Å². The molecule has 2 aromatic rings. The van der Waals surface area contributed by atoms with Crippen LogP contribution in [0.3, 0.4) is 0 Å². The lowest BCUT2D eigenvalue weighted by Crippen LogP contribution is -2.34. The van der Waals surface area contributed by atoms with Crippen LogP contribution < -0.4 is 10.1 Å². The van der Waals surface area contributed by atoms with Crippen molar-refractivity contribution in [2.24, 2.45) is 7.05 Å². The standard InChI is InChI=1S/C13H17N3O.ClH/c1-16-13-3-2-12(8-10(13)9-15-16)17-11-4-6-14-7-5-11;/h2-3,8-9,11,14H,4-7H2,1H3;1H. The number of benzene rings is 1. The predicted molar refractivity (Wildman–Crippen MR) is 74.5 cm³/mol. The molecule has 0 spiro atoms. The highest BCUT2D eigenvalue weighted by Gasteiger charge is 2.14. The highest BCUT2D eigenvalue weighted by molar-refractivity contribution is 5.85. The molecule has 2 heterocycles. The highest BCUT2D eigenvalue weighted by Crippen LogP contribution is 2.22. The quantitative estimate of drug-likeness (QED) is 0.906. The van der Waals surface area contributed by atoms with E-state index in [2.05, 4.69) is 22.5 Å². The number of hydrogen-bond acceptors (Lipinski definition) is 3. The Labute approximate surface area is 113 Å². The Morgan fingerprint density at radius 1 is 1.33 bits per heavy atom. The van der Waals surface area contributed by atoms with E-state index in [9.17, 15) is 0 Å². The molecule has 18 heavy (non-hydrogen) atoms. The van der Waals surface area contributed by atoms with E-state index in [1.807, 2.05) is 24.0 Å². The summed E-state index contributed by atoms with van der Waals surface area (Å²) in [4.78, 5) is 0. The summed E-state index contributed by atoms with van der Waals surface area (Å²) in [5.74, 6) is 0.956. The molecule has 0 aliphatic carbocycles. The van der Waals surface area contributed by atoms with Crippen molar-refractivity contribution in [1.29, 1.82) is 0 Å². The van der Waals surface area contributed by atoms with Crippen molar-refractivity contribution in [3.63, 3.8) is 0 Å². The summed E-state index contributed by atoms with van der Waals surface area (Å²) in [6.07, 6.45) is 4.41. The molecule has 1 N–H and O–H groups in total. The summed E-state index contributed by atoms with van der Waals surface area (Å²) >= 11 is 0. The third-order valence-electron chi connectivity index (χ3n) is 3.31. The zero-order valence-electron chi connectivity index (χ0n) is 10.4. The molecule has 1 aromatic carbocycles. The summed E-state index contributed by atoms with van der Waals surface area (Å²) in [7, 11) is 1.95. The number of aryl methyl sites for hydroxylation is 1. The number of fused-ring (bicyclic) bond motifs is 1. The minimum atomic E-state index is 0. The molecule has 0 amide bonds. The zero-order valence-corrected chi connectivity index (χ0v) is 11.2. The molecule has 1 aromatic heterocycles. The molecule has 1 fully saturated rings. The minimum Gasteiger partial charge on any atom is -0.490 e. The van der Waals surface area contributed by atoms with Crippen molar-refractivity contribution < 1.29 is 4.74 Å². The Morgan fingerprint density at radius 2 is 2.11 bits per heavy atom. The summed E-state index contributed by atoms with van der Waals surface area (Å²) < 4.78 is 7.87. The van der Waals surface area contributed by atoms with Gasteiger partial charge in [0, 0.05) is 12.4 Å². The molecule has 5 heteroatoms. The Bertz CT molecular complexity index is 520. The molecule has 0 saturated carbocycles. The van der Waals surface area contributed by atoms with Crippen molar-refractivity contribution in [3.8, 4) is 5.75 Å². The number of halogens is 1. The molecule has 3 rings (SSSR count). The normalized spacial score (nSPS) is 16.5. The SMILES string of the molecule is Cl.Cn1ncc2cc(OC3CCNCC3)ccc21. The molecule has 0 atom stereocenters. The van der Waals surface area contributed by atoms with Crippen LogP contribution in [0.15, 0.2) is 24.4 Å². The van der Waals surface area contributed by atoms with E-state index in [0.717, 1.165) is 42.6 Å². The summed E-state index contributed by atoms with van der Waals surface area (Å²) in [6.45, 7) is 2.11. The van der Waals surface area contributed by atoms with Crippen LogP contribution >= 0.6 is 12.4 Å². The molecule has 4 nitrogen and oxygen atoms in total. The van der Waals surface area contributed by atoms with Crippen LogP contribution in [0.2, 0.25) is 0 Å². The first-order chi connectivity index (χ1) is 8.33. The van der Waals surface area contributed by atoms with E-state index in [-0.39, 0.29) is 12.4 Å². The third kappa shape index (κ3) is 2.60. The average Bonchev–Trinajstić information content (AvgIpc) is 2.72. The summed E-state index contributed by atoms with van der Waals surface area (Å²) in [5.41, 5.74) is 1.14. The third-order valence-corrected chi connectivity index (χ3v) is 3.31. The molecule has 1 aliphatic heterocycles. The van der Waals surface area contributed by atoms with Crippen LogP contribution in [0.1, 0.15) is 12.8 Å². The average molecular weight is 268 g/mol. The Kier molecular flexibility index (Phi) is 4.09. The van der Waals surface area contributed by atoms with Crippen molar-refractivity contribution in [2.75, 3.05) is 13.1 Å². The molecule has 1 saturated heterocycles. The van der Waals surface area contributed by atoms with Gasteiger partial charge in [0.25, 0.3) is 0 Å². The monoisotopic (exact) mass is 267 g/mol. The minimum absolute atomic E-state index is 0. The molecular weight excluding hydrogens is 250 g/mol. The second kappa shape index (κ2) is 5.59. The van der Waals surface area contributed by atoms with Crippen LogP contribution in [-0.4, -0.2) is 29.0 Å². The molecule has 1 aliphatic rings. The number of rotatable bonds is 2. The first-order valence-electron chi connectivity index (χ1n) is 6.12. The van der Waals surface area contributed by atoms with Gasteiger partial charge in [-0.2, -0.15) is 5.10 Å².